The van der Waals surface area contributed by atoms with Crippen molar-refractivity contribution >= 4 is 97.1 Å². The van der Waals surface area contributed by atoms with Gasteiger partial charge in [0.25, 0.3) is 0 Å². The highest BCUT2D eigenvalue weighted by Crippen LogP contribution is 2.46. The zero-order valence-corrected chi connectivity index (χ0v) is 32.0. The summed E-state index contributed by atoms with van der Waals surface area (Å²) in [5, 5.41) is 9.77. The molecule has 0 radical (unpaired) electrons. The van der Waals surface area contributed by atoms with E-state index in [-0.39, 0.29) is 0 Å². The van der Waals surface area contributed by atoms with Crippen molar-refractivity contribution in [3.8, 4) is 33.6 Å². The highest BCUT2D eigenvalue weighted by molar-refractivity contribution is 7.26. The molecule has 4 aromatic heterocycles. The average Bonchev–Trinajstić information content (AvgIpc) is 4.04. The van der Waals surface area contributed by atoms with Gasteiger partial charge in [0.15, 0.2) is 0 Å². The standard InChI is InChI=1S/C54H32N2OS/c1-2-13-35(14-3-1)55-47-21-8-4-15-37(47)43-29-33(25-27-49(43)55)34-26-28-50-44(30-34)38-16-5-9-22-48(38)56(50)36-31-45-39-17-6-10-23-51(39)57-53(45)46(32-36)42-20-12-19-41-40-18-7-11-24-52(40)58-54(41)42/h1-32H. The van der Waals surface area contributed by atoms with Gasteiger partial charge in [-0.2, -0.15) is 0 Å². The molecule has 13 rings (SSSR count). The van der Waals surface area contributed by atoms with E-state index in [1.54, 1.807) is 0 Å². The minimum Gasteiger partial charge on any atom is -0.455 e. The molecule has 0 amide bonds. The smallest absolute Gasteiger partial charge is 0.143 e. The zero-order chi connectivity index (χ0) is 37.9. The topological polar surface area (TPSA) is 23.0 Å². The molecule has 0 N–H and O–H groups in total. The van der Waals surface area contributed by atoms with Gasteiger partial charge in [0, 0.05) is 75.0 Å². The van der Waals surface area contributed by atoms with Crippen molar-refractivity contribution < 1.29 is 4.42 Å². The second-order valence-corrected chi connectivity index (χ2v) is 16.3. The molecule has 4 heterocycles. The van der Waals surface area contributed by atoms with Gasteiger partial charge in [0.05, 0.1) is 22.1 Å². The Morgan fingerprint density at radius 3 is 1.64 bits per heavy atom. The van der Waals surface area contributed by atoms with Crippen molar-refractivity contribution in [1.29, 1.82) is 0 Å². The Kier molecular flexibility index (Phi) is 6.60. The summed E-state index contributed by atoms with van der Waals surface area (Å²) >= 11 is 1.86. The van der Waals surface area contributed by atoms with Gasteiger partial charge < -0.3 is 13.6 Å². The van der Waals surface area contributed by atoms with E-state index in [0.717, 1.165) is 33.2 Å². The second kappa shape index (κ2) is 12.1. The van der Waals surface area contributed by atoms with Crippen molar-refractivity contribution in [2.24, 2.45) is 0 Å². The van der Waals surface area contributed by atoms with Gasteiger partial charge in [0.2, 0.25) is 0 Å². The first-order chi connectivity index (χ1) is 28.8. The quantitative estimate of drug-likeness (QED) is 0.175. The number of nitrogens with zero attached hydrogens (tertiary/aromatic N) is 2. The Morgan fingerprint density at radius 1 is 0.345 bits per heavy atom. The second-order valence-electron chi connectivity index (χ2n) is 15.3. The summed E-state index contributed by atoms with van der Waals surface area (Å²) in [6.45, 7) is 0. The maximum absolute atomic E-state index is 6.75. The lowest BCUT2D eigenvalue weighted by molar-refractivity contribution is 0.670. The van der Waals surface area contributed by atoms with Crippen LogP contribution in [0.15, 0.2) is 199 Å². The molecule has 13 aromatic rings. The fourth-order valence-corrected chi connectivity index (χ4v) is 10.8. The fraction of sp³-hybridized carbons (Fsp3) is 0. The van der Waals surface area contributed by atoms with E-state index >= 15 is 0 Å². The minimum absolute atomic E-state index is 0.898. The van der Waals surface area contributed by atoms with Gasteiger partial charge in [-0.25, -0.2) is 0 Å². The van der Waals surface area contributed by atoms with E-state index in [1.807, 2.05) is 11.3 Å². The fourth-order valence-electron chi connectivity index (χ4n) is 9.54. The number of fused-ring (bicyclic) bond motifs is 12. The molecule has 0 bridgehead atoms. The van der Waals surface area contributed by atoms with E-state index in [0.29, 0.717) is 0 Å². The highest BCUT2D eigenvalue weighted by Gasteiger charge is 2.21. The van der Waals surface area contributed by atoms with Gasteiger partial charge in [-0.15, -0.1) is 11.3 Å². The maximum Gasteiger partial charge on any atom is 0.143 e. The Morgan fingerprint density at radius 2 is 0.914 bits per heavy atom. The molecular weight excluding hydrogens is 725 g/mol. The zero-order valence-electron chi connectivity index (χ0n) is 31.2. The lowest BCUT2D eigenvalue weighted by Crippen LogP contribution is -1.95. The number of benzene rings is 9. The van der Waals surface area contributed by atoms with Crippen molar-refractivity contribution in [1.82, 2.24) is 9.13 Å². The molecular formula is C54H32N2OS. The number of para-hydroxylation sites is 4. The van der Waals surface area contributed by atoms with Crippen LogP contribution in [0.25, 0.3) is 119 Å². The van der Waals surface area contributed by atoms with Crippen molar-refractivity contribution in [3.63, 3.8) is 0 Å². The molecule has 0 spiro atoms. The van der Waals surface area contributed by atoms with E-state index < -0.39 is 0 Å². The van der Waals surface area contributed by atoms with Gasteiger partial charge in [-0.05, 0) is 83.9 Å². The SMILES string of the molecule is c1ccc(-n2c3ccccc3c3cc(-c4ccc5c(c4)c4ccccc4n5-c4cc(-c5cccc6c5sc5ccccc56)c5oc6ccccc6c5c4)ccc32)cc1. The molecule has 0 aliphatic rings. The number of aromatic nitrogens is 2. The van der Waals surface area contributed by atoms with E-state index in [9.17, 15) is 0 Å². The molecule has 0 atom stereocenters. The first-order valence-electron chi connectivity index (χ1n) is 19.8. The lowest BCUT2D eigenvalue weighted by Gasteiger charge is -2.12. The Bertz CT molecular complexity index is 3800. The van der Waals surface area contributed by atoms with Gasteiger partial charge in [0.1, 0.15) is 11.2 Å². The molecule has 0 saturated carbocycles. The van der Waals surface area contributed by atoms with Gasteiger partial charge in [-0.3, -0.25) is 0 Å². The molecule has 0 fully saturated rings. The predicted octanol–water partition coefficient (Wildman–Crippen LogP) is 15.5. The van der Waals surface area contributed by atoms with Gasteiger partial charge in [-0.1, -0.05) is 121 Å². The first kappa shape index (κ1) is 31.8. The minimum atomic E-state index is 0.898. The largest absolute Gasteiger partial charge is 0.455 e. The molecule has 58 heavy (non-hydrogen) atoms. The van der Waals surface area contributed by atoms with Crippen LogP contribution in [0.2, 0.25) is 0 Å². The van der Waals surface area contributed by atoms with Crippen LogP contribution in [-0.2, 0) is 0 Å². The summed E-state index contributed by atoms with van der Waals surface area (Å²) in [6, 6.07) is 70.7. The van der Waals surface area contributed by atoms with Crippen molar-refractivity contribution in [3.05, 3.63) is 194 Å². The van der Waals surface area contributed by atoms with Crippen LogP contribution in [0, 0.1) is 0 Å². The summed E-state index contributed by atoms with van der Waals surface area (Å²) in [5.74, 6) is 0. The van der Waals surface area contributed by atoms with Crippen LogP contribution in [0.4, 0.5) is 0 Å². The third kappa shape index (κ3) is 4.49. The number of furan rings is 1. The molecule has 0 unspecified atom stereocenters. The molecule has 0 saturated heterocycles. The number of hydrogen-bond donors (Lipinski definition) is 0. The van der Waals surface area contributed by atoms with Crippen LogP contribution < -0.4 is 0 Å². The summed E-state index contributed by atoms with van der Waals surface area (Å²) in [4.78, 5) is 0. The van der Waals surface area contributed by atoms with E-state index in [1.165, 1.54) is 86.2 Å². The van der Waals surface area contributed by atoms with Crippen molar-refractivity contribution in [2.75, 3.05) is 0 Å². The summed E-state index contributed by atoms with van der Waals surface area (Å²) in [6.07, 6.45) is 0. The normalized spacial score (nSPS) is 12.1. The van der Waals surface area contributed by atoms with Crippen molar-refractivity contribution in [2.45, 2.75) is 0 Å². The number of hydrogen-bond acceptors (Lipinski definition) is 2. The monoisotopic (exact) mass is 756 g/mol. The molecule has 4 heteroatoms. The van der Waals surface area contributed by atoms with Crippen LogP contribution in [0.1, 0.15) is 0 Å². The third-order valence-electron chi connectivity index (χ3n) is 12.1. The summed E-state index contributed by atoms with van der Waals surface area (Å²) < 4.78 is 14.1. The van der Waals surface area contributed by atoms with E-state index in [2.05, 4.69) is 203 Å². The Hall–Kier alpha value is -7.40. The molecule has 0 aliphatic heterocycles. The Balaban J connectivity index is 1.04. The third-order valence-corrected chi connectivity index (χ3v) is 13.3. The molecule has 3 nitrogen and oxygen atoms in total. The van der Waals surface area contributed by atoms with Gasteiger partial charge >= 0.3 is 0 Å². The number of thiophene rings is 1. The van der Waals surface area contributed by atoms with Crippen LogP contribution >= 0.6 is 11.3 Å². The maximum atomic E-state index is 6.75. The number of rotatable bonds is 4. The van der Waals surface area contributed by atoms with E-state index in [4.69, 9.17) is 4.42 Å². The average molecular weight is 757 g/mol. The van der Waals surface area contributed by atoms with Crippen LogP contribution in [0.3, 0.4) is 0 Å². The highest BCUT2D eigenvalue weighted by atomic mass is 32.1. The molecule has 9 aromatic carbocycles. The molecule has 270 valence electrons. The molecule has 0 aliphatic carbocycles. The van der Waals surface area contributed by atoms with Crippen LogP contribution in [-0.4, -0.2) is 9.13 Å². The lowest BCUT2D eigenvalue weighted by atomic mass is 9.99. The summed E-state index contributed by atoms with van der Waals surface area (Å²) in [7, 11) is 0. The van der Waals surface area contributed by atoms with Crippen LogP contribution in [0.5, 0.6) is 0 Å². The Labute approximate surface area is 336 Å². The predicted molar refractivity (Wildman–Crippen MR) is 246 cm³/mol. The first-order valence-corrected chi connectivity index (χ1v) is 20.6. The summed E-state index contributed by atoms with van der Waals surface area (Å²) in [5.41, 5.74) is 13.6.